The summed E-state index contributed by atoms with van der Waals surface area (Å²) in [6.45, 7) is 1.36. The molecule has 0 aliphatic carbocycles. The fourth-order valence-electron chi connectivity index (χ4n) is 1.86. The Bertz CT molecular complexity index is 788. The van der Waals surface area contributed by atoms with Gasteiger partial charge in [-0.3, -0.25) is 14.9 Å². The van der Waals surface area contributed by atoms with Crippen LogP contribution in [0.1, 0.15) is 23.5 Å². The van der Waals surface area contributed by atoms with Crippen LogP contribution in [0.5, 0.6) is 0 Å². The van der Waals surface area contributed by atoms with Gasteiger partial charge in [-0.25, -0.2) is 9.48 Å². The van der Waals surface area contributed by atoms with Crippen molar-refractivity contribution in [2.75, 3.05) is 5.32 Å². The maximum atomic E-state index is 12.3. The average Bonchev–Trinajstić information content (AvgIpc) is 2.97. The molecule has 120 valence electrons. The number of carboxylic acids is 1. The SMILES string of the molecule is CC(C(=O)O)n1nccc1C(=O)Nc1ccc(Cl)cc1[N+](=O)[O-]. The zero-order valence-electron chi connectivity index (χ0n) is 11.8. The fraction of sp³-hybridized carbons (Fsp3) is 0.154. The Morgan fingerprint density at radius 1 is 1.43 bits per heavy atom. The van der Waals surface area contributed by atoms with Gasteiger partial charge in [-0.05, 0) is 25.1 Å². The van der Waals surface area contributed by atoms with Crippen molar-refractivity contribution in [2.24, 2.45) is 0 Å². The molecule has 2 rings (SSSR count). The highest BCUT2D eigenvalue weighted by molar-refractivity contribution is 6.31. The molecule has 0 aliphatic heterocycles. The Kier molecular flexibility index (Phi) is 4.60. The van der Waals surface area contributed by atoms with Gasteiger partial charge in [0.1, 0.15) is 17.4 Å². The van der Waals surface area contributed by atoms with Crippen molar-refractivity contribution in [3.05, 3.63) is 51.3 Å². The second-order valence-electron chi connectivity index (χ2n) is 4.55. The van der Waals surface area contributed by atoms with E-state index in [9.17, 15) is 19.7 Å². The lowest BCUT2D eigenvalue weighted by Gasteiger charge is -2.11. The van der Waals surface area contributed by atoms with E-state index in [1.165, 1.54) is 31.3 Å². The van der Waals surface area contributed by atoms with Gasteiger partial charge in [0.2, 0.25) is 0 Å². The zero-order chi connectivity index (χ0) is 17.1. The number of hydrogen-bond acceptors (Lipinski definition) is 5. The Morgan fingerprint density at radius 3 is 2.74 bits per heavy atom. The van der Waals surface area contributed by atoms with E-state index >= 15 is 0 Å². The van der Waals surface area contributed by atoms with Gasteiger partial charge in [0.05, 0.1) is 4.92 Å². The standard InChI is InChI=1S/C13H11ClN4O5/c1-7(13(20)21)17-10(4-5-15-17)12(19)16-9-3-2-8(14)6-11(9)18(22)23/h2-7H,1H3,(H,16,19)(H,20,21). The molecule has 1 amide bonds. The van der Waals surface area contributed by atoms with Gasteiger partial charge >= 0.3 is 5.97 Å². The summed E-state index contributed by atoms with van der Waals surface area (Å²) in [6.07, 6.45) is 1.27. The van der Waals surface area contributed by atoms with Gasteiger partial charge in [-0.2, -0.15) is 5.10 Å². The highest BCUT2D eigenvalue weighted by Crippen LogP contribution is 2.28. The van der Waals surface area contributed by atoms with Gasteiger partial charge in [-0.15, -0.1) is 0 Å². The van der Waals surface area contributed by atoms with Crippen LogP contribution in [-0.2, 0) is 4.79 Å². The molecule has 0 fully saturated rings. The maximum absolute atomic E-state index is 12.3. The van der Waals surface area contributed by atoms with E-state index in [0.29, 0.717) is 0 Å². The summed E-state index contributed by atoms with van der Waals surface area (Å²) in [6, 6.07) is 4.04. The molecule has 1 aromatic carbocycles. The lowest BCUT2D eigenvalue weighted by molar-refractivity contribution is -0.383. The summed E-state index contributed by atoms with van der Waals surface area (Å²) >= 11 is 5.70. The number of rotatable bonds is 5. The van der Waals surface area contributed by atoms with E-state index in [4.69, 9.17) is 16.7 Å². The Morgan fingerprint density at radius 2 is 2.13 bits per heavy atom. The topological polar surface area (TPSA) is 127 Å². The number of aliphatic carboxylic acids is 1. The Hall–Kier alpha value is -2.94. The van der Waals surface area contributed by atoms with Crippen LogP contribution < -0.4 is 5.32 Å². The van der Waals surface area contributed by atoms with E-state index in [2.05, 4.69) is 10.4 Å². The number of nitro groups is 1. The van der Waals surface area contributed by atoms with Crippen molar-refractivity contribution >= 4 is 34.9 Å². The van der Waals surface area contributed by atoms with E-state index < -0.39 is 22.8 Å². The third kappa shape index (κ3) is 3.46. The normalized spacial score (nSPS) is 11.7. The number of nitro benzene ring substituents is 1. The average molecular weight is 339 g/mol. The summed E-state index contributed by atoms with van der Waals surface area (Å²) in [5.74, 6) is -1.89. The number of nitrogens with one attached hydrogen (secondary N) is 1. The summed E-state index contributed by atoms with van der Waals surface area (Å²) in [5.41, 5.74) is -0.465. The maximum Gasteiger partial charge on any atom is 0.328 e. The lowest BCUT2D eigenvalue weighted by Crippen LogP contribution is -2.24. The largest absolute Gasteiger partial charge is 0.480 e. The lowest BCUT2D eigenvalue weighted by atomic mass is 10.2. The zero-order valence-corrected chi connectivity index (χ0v) is 12.5. The van der Waals surface area contributed by atoms with Crippen molar-refractivity contribution in [1.82, 2.24) is 9.78 Å². The third-order valence-corrected chi connectivity index (χ3v) is 3.27. The van der Waals surface area contributed by atoms with Crippen molar-refractivity contribution < 1.29 is 19.6 Å². The summed E-state index contributed by atoms with van der Waals surface area (Å²) in [4.78, 5) is 33.6. The number of carbonyl (C=O) groups is 2. The van der Waals surface area contributed by atoms with Crippen LogP contribution in [0.3, 0.4) is 0 Å². The molecule has 0 saturated carbocycles. The number of halogens is 1. The van der Waals surface area contributed by atoms with E-state index in [1.807, 2.05) is 0 Å². The summed E-state index contributed by atoms with van der Waals surface area (Å²) in [5, 5.41) is 26.3. The van der Waals surface area contributed by atoms with Gasteiger partial charge in [0.15, 0.2) is 0 Å². The van der Waals surface area contributed by atoms with Crippen LogP contribution in [0.15, 0.2) is 30.5 Å². The minimum atomic E-state index is -1.17. The van der Waals surface area contributed by atoms with Crippen molar-refractivity contribution in [2.45, 2.75) is 13.0 Å². The first-order chi connectivity index (χ1) is 10.8. The van der Waals surface area contributed by atoms with Crippen LogP contribution in [0.4, 0.5) is 11.4 Å². The monoisotopic (exact) mass is 338 g/mol. The van der Waals surface area contributed by atoms with E-state index in [0.717, 1.165) is 10.7 Å². The van der Waals surface area contributed by atoms with Gasteiger partial charge in [0.25, 0.3) is 11.6 Å². The molecule has 9 nitrogen and oxygen atoms in total. The first kappa shape index (κ1) is 16.4. The van der Waals surface area contributed by atoms with Crippen LogP contribution in [-0.4, -0.2) is 31.7 Å². The number of carbonyl (C=O) groups excluding carboxylic acids is 1. The number of aromatic nitrogens is 2. The molecule has 0 radical (unpaired) electrons. The first-order valence-corrected chi connectivity index (χ1v) is 6.70. The highest BCUT2D eigenvalue weighted by Gasteiger charge is 2.23. The summed E-state index contributed by atoms with van der Waals surface area (Å²) < 4.78 is 1.01. The number of benzene rings is 1. The Balaban J connectivity index is 2.33. The van der Waals surface area contributed by atoms with Crippen molar-refractivity contribution in [3.63, 3.8) is 0 Å². The van der Waals surface area contributed by atoms with Crippen molar-refractivity contribution in [1.29, 1.82) is 0 Å². The minimum Gasteiger partial charge on any atom is -0.480 e. The number of hydrogen-bond donors (Lipinski definition) is 2. The molecule has 1 aromatic heterocycles. The second kappa shape index (κ2) is 6.44. The van der Waals surface area contributed by atoms with Crippen LogP contribution in [0, 0.1) is 10.1 Å². The fourth-order valence-corrected chi connectivity index (χ4v) is 2.02. The molecular weight excluding hydrogens is 328 g/mol. The smallest absolute Gasteiger partial charge is 0.328 e. The molecule has 1 heterocycles. The molecule has 0 bridgehead atoms. The molecule has 1 unspecified atom stereocenters. The molecule has 1 atom stereocenters. The van der Waals surface area contributed by atoms with Gasteiger partial charge in [-0.1, -0.05) is 11.6 Å². The predicted octanol–water partition coefficient (Wildman–Crippen LogP) is 2.34. The second-order valence-corrected chi connectivity index (χ2v) is 4.98. The number of carboxylic acid groups (broad SMARTS) is 1. The predicted molar refractivity (Wildman–Crippen MR) is 80.6 cm³/mol. The van der Waals surface area contributed by atoms with Crippen molar-refractivity contribution in [3.8, 4) is 0 Å². The summed E-state index contributed by atoms with van der Waals surface area (Å²) in [7, 11) is 0. The third-order valence-electron chi connectivity index (χ3n) is 3.03. The molecule has 2 N–H and O–H groups in total. The van der Waals surface area contributed by atoms with Gasteiger partial charge in [0, 0.05) is 17.3 Å². The van der Waals surface area contributed by atoms with E-state index in [-0.39, 0.29) is 22.1 Å². The van der Waals surface area contributed by atoms with Crippen LogP contribution in [0.25, 0.3) is 0 Å². The van der Waals surface area contributed by atoms with Crippen LogP contribution in [0.2, 0.25) is 5.02 Å². The molecule has 2 aromatic rings. The molecule has 0 saturated heterocycles. The number of anilines is 1. The van der Waals surface area contributed by atoms with Crippen LogP contribution >= 0.6 is 11.6 Å². The number of nitrogens with zero attached hydrogens (tertiary/aromatic N) is 3. The van der Waals surface area contributed by atoms with Gasteiger partial charge < -0.3 is 10.4 Å². The first-order valence-electron chi connectivity index (χ1n) is 6.33. The molecule has 10 heteroatoms. The van der Waals surface area contributed by atoms with E-state index in [1.54, 1.807) is 0 Å². The number of amides is 1. The highest BCUT2D eigenvalue weighted by atomic mass is 35.5. The molecular formula is C13H11ClN4O5. The Labute approximate surface area is 134 Å². The molecule has 0 spiro atoms. The molecule has 0 aliphatic rings. The molecule has 23 heavy (non-hydrogen) atoms. The quantitative estimate of drug-likeness (QED) is 0.636. The minimum absolute atomic E-state index is 0.0378.